The number of morpholine rings is 1. The van der Waals surface area contributed by atoms with Gasteiger partial charge in [-0.1, -0.05) is 0 Å². The maximum atomic E-state index is 11.7. The molecule has 2 unspecified atom stereocenters. The van der Waals surface area contributed by atoms with E-state index in [0.29, 0.717) is 13.1 Å². The van der Waals surface area contributed by atoms with Crippen LogP contribution in [0.4, 0.5) is 0 Å². The number of carbonyl (C=O) groups excluding carboxylic acids is 2. The summed E-state index contributed by atoms with van der Waals surface area (Å²) >= 11 is 1.72. The van der Waals surface area contributed by atoms with Gasteiger partial charge < -0.3 is 15.0 Å². The Morgan fingerprint density at radius 1 is 1.71 bits per heavy atom. The van der Waals surface area contributed by atoms with Crippen molar-refractivity contribution in [2.24, 2.45) is 0 Å². The molecule has 0 aromatic carbocycles. The largest absolute Gasteiger partial charge is 0.365 e. The fourth-order valence-corrected chi connectivity index (χ4v) is 2.73. The molecule has 0 aromatic heterocycles. The van der Waals surface area contributed by atoms with Crippen LogP contribution >= 0.6 is 11.8 Å². The molecule has 2 N–H and O–H groups in total. The van der Waals surface area contributed by atoms with Gasteiger partial charge in [0, 0.05) is 31.8 Å². The van der Waals surface area contributed by atoms with Gasteiger partial charge in [-0.05, 0) is 0 Å². The minimum atomic E-state index is -0.101. The summed E-state index contributed by atoms with van der Waals surface area (Å²) in [5.74, 6) is 1.64. The summed E-state index contributed by atoms with van der Waals surface area (Å²) < 4.78 is 5.34. The Morgan fingerprint density at radius 3 is 3.18 bits per heavy atom. The van der Waals surface area contributed by atoms with E-state index in [1.165, 1.54) is 0 Å². The van der Waals surface area contributed by atoms with Crippen molar-refractivity contribution in [2.45, 2.75) is 12.1 Å². The highest BCUT2D eigenvalue weighted by atomic mass is 32.2. The molecule has 2 aliphatic rings. The summed E-state index contributed by atoms with van der Waals surface area (Å²) in [4.78, 5) is 24.5. The molecule has 2 aliphatic heterocycles. The van der Waals surface area contributed by atoms with Crippen molar-refractivity contribution >= 4 is 23.6 Å². The second-order valence-corrected chi connectivity index (χ2v) is 5.25. The lowest BCUT2D eigenvalue weighted by Crippen LogP contribution is -2.51. The monoisotopic (exact) mass is 259 g/mol. The minimum Gasteiger partial charge on any atom is -0.365 e. The van der Waals surface area contributed by atoms with Crippen molar-refractivity contribution in [1.82, 2.24) is 15.5 Å². The Labute approximate surface area is 104 Å². The van der Waals surface area contributed by atoms with Crippen LogP contribution in [-0.2, 0) is 14.3 Å². The molecular formula is C10H17N3O3S. The van der Waals surface area contributed by atoms with Gasteiger partial charge in [-0.3, -0.25) is 14.9 Å². The maximum absolute atomic E-state index is 11.7. The minimum absolute atomic E-state index is 0.0122. The van der Waals surface area contributed by atoms with Gasteiger partial charge in [-0.2, -0.15) is 0 Å². The number of nitrogens with one attached hydrogen (secondary N) is 2. The van der Waals surface area contributed by atoms with Crippen LogP contribution in [-0.4, -0.2) is 67.2 Å². The van der Waals surface area contributed by atoms with E-state index >= 15 is 0 Å². The van der Waals surface area contributed by atoms with Crippen LogP contribution < -0.4 is 10.6 Å². The van der Waals surface area contributed by atoms with Gasteiger partial charge >= 0.3 is 0 Å². The van der Waals surface area contributed by atoms with Gasteiger partial charge in [0.2, 0.25) is 11.8 Å². The van der Waals surface area contributed by atoms with E-state index in [2.05, 4.69) is 10.6 Å². The number of ether oxygens (including phenoxy) is 1. The van der Waals surface area contributed by atoms with Gasteiger partial charge in [0.05, 0.1) is 12.1 Å². The Kier molecular flexibility index (Phi) is 4.25. The molecule has 2 rings (SSSR count). The molecule has 2 amide bonds. The lowest BCUT2D eigenvalue weighted by atomic mass is 10.2. The van der Waals surface area contributed by atoms with Crippen LogP contribution in [0.25, 0.3) is 0 Å². The molecule has 96 valence electrons. The van der Waals surface area contributed by atoms with Gasteiger partial charge in [0.1, 0.15) is 6.61 Å². The average molecular weight is 259 g/mol. The Balaban J connectivity index is 1.71. The Morgan fingerprint density at radius 2 is 2.53 bits per heavy atom. The highest BCUT2D eigenvalue weighted by Gasteiger charge is 2.26. The second kappa shape index (κ2) is 5.70. The molecule has 0 aromatic rings. The number of rotatable bonds is 3. The summed E-state index contributed by atoms with van der Waals surface area (Å²) in [5.41, 5.74) is 0. The summed E-state index contributed by atoms with van der Waals surface area (Å²) in [7, 11) is 1.74. The Hall–Kier alpha value is -0.790. The highest BCUT2D eigenvalue weighted by molar-refractivity contribution is 7.99. The molecular weight excluding hydrogens is 242 g/mol. The zero-order valence-electron chi connectivity index (χ0n) is 9.77. The molecule has 0 aliphatic carbocycles. The molecule has 17 heavy (non-hydrogen) atoms. The SMILES string of the molecule is CN1CC(CNC(=O)C2CSCN2)OCC1=O. The van der Waals surface area contributed by atoms with Crippen molar-refractivity contribution in [1.29, 1.82) is 0 Å². The quantitative estimate of drug-likeness (QED) is 0.654. The van der Waals surface area contributed by atoms with E-state index in [4.69, 9.17) is 4.74 Å². The molecule has 2 fully saturated rings. The second-order valence-electron chi connectivity index (χ2n) is 4.22. The third-order valence-corrected chi connectivity index (χ3v) is 3.82. The highest BCUT2D eigenvalue weighted by Crippen LogP contribution is 2.09. The number of carbonyl (C=O) groups is 2. The number of likely N-dealkylation sites (N-methyl/N-ethyl adjacent to an activating group) is 1. The molecule has 0 bridgehead atoms. The fourth-order valence-electron chi connectivity index (χ4n) is 1.78. The predicted octanol–water partition coefficient (Wildman–Crippen LogP) is -1.38. The van der Waals surface area contributed by atoms with Gasteiger partial charge in [-0.25, -0.2) is 0 Å². The summed E-state index contributed by atoms with van der Waals surface area (Å²) in [6, 6.07) is -0.0945. The first-order valence-corrected chi connectivity index (χ1v) is 6.76. The lowest BCUT2D eigenvalue weighted by molar-refractivity contribution is -0.146. The van der Waals surface area contributed by atoms with Gasteiger partial charge in [0.15, 0.2) is 0 Å². The van der Waals surface area contributed by atoms with Crippen LogP contribution in [0.5, 0.6) is 0 Å². The summed E-state index contributed by atoms with van der Waals surface area (Å²) in [5, 5.41) is 5.96. The van der Waals surface area contributed by atoms with E-state index in [1.807, 2.05) is 0 Å². The van der Waals surface area contributed by atoms with E-state index in [9.17, 15) is 9.59 Å². The zero-order valence-corrected chi connectivity index (χ0v) is 10.6. The number of nitrogens with zero attached hydrogens (tertiary/aromatic N) is 1. The molecule has 2 saturated heterocycles. The third kappa shape index (κ3) is 3.34. The first kappa shape index (κ1) is 12.7. The van der Waals surface area contributed by atoms with Crippen molar-refractivity contribution in [2.75, 3.05) is 38.4 Å². The fraction of sp³-hybridized carbons (Fsp3) is 0.800. The summed E-state index contributed by atoms with van der Waals surface area (Å²) in [6.45, 7) is 1.10. The first-order valence-electron chi connectivity index (χ1n) is 5.61. The van der Waals surface area contributed by atoms with E-state index in [1.54, 1.807) is 23.7 Å². The molecule has 0 spiro atoms. The first-order chi connectivity index (χ1) is 8.16. The van der Waals surface area contributed by atoms with Crippen LogP contribution in [0, 0.1) is 0 Å². The smallest absolute Gasteiger partial charge is 0.248 e. The average Bonchev–Trinajstić information content (AvgIpc) is 2.84. The third-order valence-electron chi connectivity index (χ3n) is 2.88. The van der Waals surface area contributed by atoms with Crippen LogP contribution in [0.1, 0.15) is 0 Å². The predicted molar refractivity (Wildman–Crippen MR) is 64.6 cm³/mol. The molecule has 0 radical (unpaired) electrons. The lowest BCUT2D eigenvalue weighted by Gasteiger charge is -2.30. The maximum Gasteiger partial charge on any atom is 0.248 e. The standard InChI is InChI=1S/C10H17N3O3S/c1-13-3-7(16-4-9(13)14)2-11-10(15)8-5-17-6-12-8/h7-8,12H,2-6H2,1H3,(H,11,15). The zero-order chi connectivity index (χ0) is 12.3. The molecule has 2 heterocycles. The van der Waals surface area contributed by atoms with Crippen molar-refractivity contribution in [3.63, 3.8) is 0 Å². The van der Waals surface area contributed by atoms with E-state index in [0.717, 1.165) is 11.6 Å². The number of thioether (sulfide) groups is 1. The van der Waals surface area contributed by atoms with Gasteiger partial charge in [0.25, 0.3) is 0 Å². The van der Waals surface area contributed by atoms with Crippen LogP contribution in [0.3, 0.4) is 0 Å². The van der Waals surface area contributed by atoms with Crippen molar-refractivity contribution in [3.8, 4) is 0 Å². The van der Waals surface area contributed by atoms with E-state index in [-0.39, 0.29) is 30.6 Å². The number of hydrogen-bond acceptors (Lipinski definition) is 5. The molecule has 0 saturated carbocycles. The summed E-state index contributed by atoms with van der Waals surface area (Å²) in [6.07, 6.45) is -0.101. The number of amides is 2. The topological polar surface area (TPSA) is 70.7 Å². The van der Waals surface area contributed by atoms with Gasteiger partial charge in [-0.15, -0.1) is 11.8 Å². The van der Waals surface area contributed by atoms with Crippen molar-refractivity contribution < 1.29 is 14.3 Å². The number of hydrogen-bond donors (Lipinski definition) is 2. The molecule has 7 heteroatoms. The normalized spacial score (nSPS) is 29.5. The van der Waals surface area contributed by atoms with E-state index < -0.39 is 0 Å². The van der Waals surface area contributed by atoms with Crippen LogP contribution in [0.2, 0.25) is 0 Å². The Bertz CT molecular complexity index is 307. The molecule has 2 atom stereocenters. The molecule has 6 nitrogen and oxygen atoms in total. The van der Waals surface area contributed by atoms with Crippen molar-refractivity contribution in [3.05, 3.63) is 0 Å². The van der Waals surface area contributed by atoms with Crippen LogP contribution in [0.15, 0.2) is 0 Å².